The maximum Gasteiger partial charge on any atom is 0.259 e. The van der Waals surface area contributed by atoms with Gasteiger partial charge in [-0.3, -0.25) is 4.79 Å². The third-order valence-corrected chi connectivity index (χ3v) is 3.84. The van der Waals surface area contributed by atoms with Crippen molar-refractivity contribution in [1.29, 1.82) is 0 Å². The smallest absolute Gasteiger partial charge is 0.259 e. The number of benzene rings is 1. The molecule has 2 heterocycles. The molecule has 122 valence electrons. The van der Waals surface area contributed by atoms with Crippen LogP contribution in [0.2, 0.25) is 0 Å². The lowest BCUT2D eigenvalue weighted by Crippen LogP contribution is -2.16. The molecule has 1 aromatic carbocycles. The van der Waals surface area contributed by atoms with Crippen LogP contribution in [-0.2, 0) is 4.74 Å². The average molecular weight is 315 g/mol. The summed E-state index contributed by atoms with van der Waals surface area (Å²) >= 11 is 0. The molecule has 5 heteroatoms. The van der Waals surface area contributed by atoms with Crippen LogP contribution in [0.5, 0.6) is 5.75 Å². The van der Waals surface area contributed by atoms with Gasteiger partial charge >= 0.3 is 0 Å². The molecule has 0 saturated carbocycles. The quantitative estimate of drug-likeness (QED) is 0.914. The van der Waals surface area contributed by atoms with E-state index in [4.69, 9.17) is 13.9 Å². The Kier molecular flexibility index (Phi) is 4.67. The van der Waals surface area contributed by atoms with Gasteiger partial charge in [-0.15, -0.1) is 0 Å². The SMILES string of the molecule is Cc1cc(C(=O)Nc2cccc(OCC3CCCO3)c2)c(C)o1. The molecule has 1 unspecified atom stereocenters. The predicted octanol–water partition coefficient (Wildman–Crippen LogP) is 3.71. The molecular formula is C18H21NO4. The van der Waals surface area contributed by atoms with Gasteiger partial charge in [0.1, 0.15) is 23.9 Å². The van der Waals surface area contributed by atoms with Crippen molar-refractivity contribution in [1.82, 2.24) is 0 Å². The van der Waals surface area contributed by atoms with Crippen LogP contribution in [0.3, 0.4) is 0 Å². The number of rotatable bonds is 5. The van der Waals surface area contributed by atoms with Gasteiger partial charge in [-0.25, -0.2) is 0 Å². The standard InChI is InChI=1S/C18H21NO4/c1-12-9-17(13(2)23-12)18(20)19-14-5-3-6-15(10-14)22-11-16-7-4-8-21-16/h3,5-6,9-10,16H,4,7-8,11H2,1-2H3,(H,19,20). The highest BCUT2D eigenvalue weighted by atomic mass is 16.5. The summed E-state index contributed by atoms with van der Waals surface area (Å²) < 4.78 is 16.7. The van der Waals surface area contributed by atoms with E-state index in [0.29, 0.717) is 23.6 Å². The Labute approximate surface area is 135 Å². The minimum Gasteiger partial charge on any atom is -0.491 e. The number of aryl methyl sites for hydroxylation is 2. The molecule has 2 aromatic rings. The number of ether oxygens (including phenoxy) is 2. The Morgan fingerprint density at radius 3 is 2.91 bits per heavy atom. The normalized spacial score (nSPS) is 17.2. The Morgan fingerprint density at radius 1 is 1.35 bits per heavy atom. The minimum atomic E-state index is -0.185. The Hall–Kier alpha value is -2.27. The van der Waals surface area contributed by atoms with E-state index in [-0.39, 0.29) is 12.0 Å². The molecule has 23 heavy (non-hydrogen) atoms. The molecule has 1 fully saturated rings. The van der Waals surface area contributed by atoms with Crippen molar-refractivity contribution in [2.24, 2.45) is 0 Å². The lowest BCUT2D eigenvalue weighted by atomic mass is 10.2. The second-order valence-corrected chi connectivity index (χ2v) is 5.75. The van der Waals surface area contributed by atoms with E-state index in [9.17, 15) is 4.79 Å². The monoisotopic (exact) mass is 315 g/mol. The zero-order valence-electron chi connectivity index (χ0n) is 13.4. The van der Waals surface area contributed by atoms with Crippen LogP contribution in [0.15, 0.2) is 34.7 Å². The highest BCUT2D eigenvalue weighted by Gasteiger charge is 2.16. The van der Waals surface area contributed by atoms with Crippen LogP contribution < -0.4 is 10.1 Å². The van der Waals surface area contributed by atoms with Gasteiger partial charge in [0.15, 0.2) is 0 Å². The fourth-order valence-corrected chi connectivity index (χ4v) is 2.68. The van der Waals surface area contributed by atoms with Gasteiger partial charge < -0.3 is 19.2 Å². The minimum absolute atomic E-state index is 0.171. The fourth-order valence-electron chi connectivity index (χ4n) is 2.68. The first-order valence-electron chi connectivity index (χ1n) is 7.84. The second kappa shape index (κ2) is 6.87. The summed E-state index contributed by atoms with van der Waals surface area (Å²) in [5.41, 5.74) is 1.24. The van der Waals surface area contributed by atoms with E-state index < -0.39 is 0 Å². The van der Waals surface area contributed by atoms with Crippen molar-refractivity contribution >= 4 is 11.6 Å². The molecule has 1 saturated heterocycles. The zero-order chi connectivity index (χ0) is 16.2. The molecule has 1 N–H and O–H groups in total. The van der Waals surface area contributed by atoms with Crippen molar-refractivity contribution < 1.29 is 18.7 Å². The lowest BCUT2D eigenvalue weighted by molar-refractivity contribution is 0.0680. The molecule has 0 bridgehead atoms. The van der Waals surface area contributed by atoms with Gasteiger partial charge in [0.25, 0.3) is 5.91 Å². The largest absolute Gasteiger partial charge is 0.491 e. The molecule has 1 aromatic heterocycles. The number of hydrogen-bond acceptors (Lipinski definition) is 4. The number of carbonyl (C=O) groups is 1. The summed E-state index contributed by atoms with van der Waals surface area (Å²) in [6.45, 7) is 4.96. The molecule has 1 aliphatic rings. The topological polar surface area (TPSA) is 60.7 Å². The van der Waals surface area contributed by atoms with Crippen molar-refractivity contribution in [2.75, 3.05) is 18.5 Å². The molecular weight excluding hydrogens is 294 g/mol. The van der Waals surface area contributed by atoms with Crippen molar-refractivity contribution in [3.05, 3.63) is 47.4 Å². The van der Waals surface area contributed by atoms with Gasteiger partial charge in [0, 0.05) is 18.4 Å². The number of furan rings is 1. The predicted molar refractivity (Wildman–Crippen MR) is 87.0 cm³/mol. The molecule has 5 nitrogen and oxygen atoms in total. The van der Waals surface area contributed by atoms with E-state index in [1.807, 2.05) is 31.2 Å². The van der Waals surface area contributed by atoms with E-state index in [1.54, 1.807) is 13.0 Å². The van der Waals surface area contributed by atoms with Crippen molar-refractivity contribution in [3.63, 3.8) is 0 Å². The Morgan fingerprint density at radius 2 is 2.22 bits per heavy atom. The van der Waals surface area contributed by atoms with Crippen LogP contribution >= 0.6 is 0 Å². The molecule has 3 rings (SSSR count). The Balaban J connectivity index is 1.62. The van der Waals surface area contributed by atoms with Crippen LogP contribution in [0.25, 0.3) is 0 Å². The first kappa shape index (κ1) is 15.6. The van der Waals surface area contributed by atoms with E-state index in [1.165, 1.54) is 0 Å². The van der Waals surface area contributed by atoms with Gasteiger partial charge in [0.05, 0.1) is 11.7 Å². The number of amides is 1. The molecule has 1 amide bonds. The second-order valence-electron chi connectivity index (χ2n) is 5.75. The van der Waals surface area contributed by atoms with Crippen LogP contribution in [0, 0.1) is 13.8 Å². The van der Waals surface area contributed by atoms with Crippen LogP contribution in [-0.4, -0.2) is 25.2 Å². The van der Waals surface area contributed by atoms with Gasteiger partial charge in [-0.2, -0.15) is 0 Å². The van der Waals surface area contributed by atoms with Gasteiger partial charge in [-0.1, -0.05) is 6.07 Å². The maximum atomic E-state index is 12.3. The number of anilines is 1. The average Bonchev–Trinajstić information content (AvgIpc) is 3.15. The summed E-state index contributed by atoms with van der Waals surface area (Å²) in [7, 11) is 0. The van der Waals surface area contributed by atoms with Gasteiger partial charge in [0.2, 0.25) is 0 Å². The van der Waals surface area contributed by atoms with Gasteiger partial charge in [-0.05, 0) is 44.9 Å². The lowest BCUT2D eigenvalue weighted by Gasteiger charge is -2.12. The fraction of sp³-hybridized carbons (Fsp3) is 0.389. The molecule has 0 aliphatic carbocycles. The van der Waals surface area contributed by atoms with E-state index in [0.717, 1.165) is 31.0 Å². The summed E-state index contributed by atoms with van der Waals surface area (Å²) in [6, 6.07) is 9.11. The maximum absolute atomic E-state index is 12.3. The highest BCUT2D eigenvalue weighted by molar-refractivity contribution is 6.05. The number of nitrogens with one attached hydrogen (secondary N) is 1. The van der Waals surface area contributed by atoms with E-state index >= 15 is 0 Å². The molecule has 0 radical (unpaired) electrons. The van der Waals surface area contributed by atoms with E-state index in [2.05, 4.69) is 5.32 Å². The molecule has 1 atom stereocenters. The highest BCUT2D eigenvalue weighted by Crippen LogP contribution is 2.21. The zero-order valence-corrected chi connectivity index (χ0v) is 13.4. The van der Waals surface area contributed by atoms with Crippen LogP contribution in [0.4, 0.5) is 5.69 Å². The first-order chi connectivity index (χ1) is 11.1. The van der Waals surface area contributed by atoms with Crippen molar-refractivity contribution in [2.45, 2.75) is 32.8 Å². The summed E-state index contributed by atoms with van der Waals surface area (Å²) in [6.07, 6.45) is 2.30. The first-order valence-corrected chi connectivity index (χ1v) is 7.84. The molecule has 0 spiro atoms. The Bertz CT molecular complexity index is 686. The number of hydrogen-bond donors (Lipinski definition) is 1. The summed E-state index contributed by atoms with van der Waals surface area (Å²) in [5, 5.41) is 2.87. The van der Waals surface area contributed by atoms with Crippen LogP contribution in [0.1, 0.15) is 34.7 Å². The summed E-state index contributed by atoms with van der Waals surface area (Å²) in [4.78, 5) is 12.3. The molecule has 1 aliphatic heterocycles. The summed E-state index contributed by atoms with van der Waals surface area (Å²) in [5.74, 6) is 1.88. The third-order valence-electron chi connectivity index (χ3n) is 3.84. The third kappa shape index (κ3) is 3.93. The van der Waals surface area contributed by atoms with Crippen molar-refractivity contribution in [3.8, 4) is 5.75 Å². The number of carbonyl (C=O) groups excluding carboxylic acids is 1.